The molecule has 0 bridgehead atoms. The topological polar surface area (TPSA) is 12.9 Å². The van der Waals surface area contributed by atoms with Gasteiger partial charge in [-0.2, -0.15) is 0 Å². The predicted molar refractivity (Wildman–Crippen MR) is 204 cm³/mol. The van der Waals surface area contributed by atoms with E-state index in [1.807, 2.05) is 18.5 Å². The van der Waals surface area contributed by atoms with Gasteiger partial charge in [-0.3, -0.25) is 4.98 Å². The molecule has 0 spiro atoms. The highest BCUT2D eigenvalue weighted by Crippen LogP contribution is 2.66. The zero-order valence-electron chi connectivity index (χ0n) is 27.5. The van der Waals surface area contributed by atoms with Gasteiger partial charge in [-0.05, 0) is 84.0 Å². The number of aromatic nitrogens is 1. The minimum absolute atomic E-state index is 0.459. The molecule has 1 aromatic heterocycles. The molecule has 7 aromatic carbocycles. The molecule has 0 N–H and O–H groups in total. The first-order chi connectivity index (χ1) is 24.8. The second kappa shape index (κ2) is 11.1. The van der Waals surface area contributed by atoms with E-state index < -0.39 is 10.8 Å². The monoisotopic (exact) mass is 635 g/mol. The zero-order chi connectivity index (χ0) is 33.1. The van der Waals surface area contributed by atoms with Crippen molar-refractivity contribution in [1.82, 2.24) is 4.98 Å². The van der Waals surface area contributed by atoms with E-state index in [1.54, 1.807) is 0 Å². The Morgan fingerprint density at radius 2 is 0.800 bits per heavy atom. The molecule has 2 aliphatic carbocycles. The Hall–Kier alpha value is -6.31. The Balaban J connectivity index is 1.34. The van der Waals surface area contributed by atoms with Crippen molar-refractivity contribution in [2.24, 2.45) is 0 Å². The molecule has 8 aromatic rings. The summed E-state index contributed by atoms with van der Waals surface area (Å²) in [5.74, 6) is 0. The van der Waals surface area contributed by atoms with Gasteiger partial charge < -0.3 is 0 Å². The number of benzene rings is 7. The number of nitrogens with zero attached hydrogens (tertiary/aromatic N) is 1. The third-order valence-electron chi connectivity index (χ3n) is 11.1. The summed E-state index contributed by atoms with van der Waals surface area (Å²) < 4.78 is 0. The number of rotatable bonds is 5. The molecule has 50 heavy (non-hydrogen) atoms. The van der Waals surface area contributed by atoms with Crippen LogP contribution in [0.2, 0.25) is 0 Å². The van der Waals surface area contributed by atoms with Crippen LogP contribution >= 0.6 is 0 Å². The summed E-state index contributed by atoms with van der Waals surface area (Å²) in [4.78, 5) is 4.36. The summed E-state index contributed by atoms with van der Waals surface area (Å²) in [6.45, 7) is 0. The van der Waals surface area contributed by atoms with Crippen molar-refractivity contribution in [3.05, 3.63) is 245 Å². The van der Waals surface area contributed by atoms with Crippen LogP contribution in [0.4, 0.5) is 0 Å². The predicted octanol–water partition coefficient (Wildman–Crippen LogP) is 11.5. The summed E-state index contributed by atoms with van der Waals surface area (Å²) in [5, 5.41) is 0. The third-order valence-corrected chi connectivity index (χ3v) is 11.1. The molecule has 0 fully saturated rings. The molecule has 0 amide bonds. The highest BCUT2D eigenvalue weighted by molar-refractivity contribution is 5.92. The van der Waals surface area contributed by atoms with E-state index in [0.717, 1.165) is 11.1 Å². The summed E-state index contributed by atoms with van der Waals surface area (Å²) >= 11 is 0. The normalized spacial score (nSPS) is 18.2. The van der Waals surface area contributed by atoms with Crippen molar-refractivity contribution in [2.45, 2.75) is 10.8 Å². The van der Waals surface area contributed by atoms with E-state index in [-0.39, 0.29) is 0 Å². The quantitative estimate of drug-likeness (QED) is 0.183. The molecule has 1 heteroatoms. The Labute approximate surface area is 293 Å². The molecule has 0 radical (unpaired) electrons. The van der Waals surface area contributed by atoms with Crippen molar-refractivity contribution in [1.29, 1.82) is 0 Å². The molecule has 0 saturated heterocycles. The second-order valence-corrected chi connectivity index (χ2v) is 13.4. The molecule has 2 atom stereocenters. The van der Waals surface area contributed by atoms with Gasteiger partial charge in [-0.15, -0.1) is 0 Å². The fraction of sp³-hybridized carbons (Fsp3) is 0.0408. The van der Waals surface area contributed by atoms with Gasteiger partial charge >= 0.3 is 0 Å². The van der Waals surface area contributed by atoms with E-state index in [9.17, 15) is 0 Å². The van der Waals surface area contributed by atoms with Gasteiger partial charge in [0.05, 0.1) is 10.8 Å². The SMILES string of the molecule is c1ccc(C2(c3ccccc3-c3ccc(-c4cccnc4)cc3)c3ccccc3C3(c4ccccc4)c4ccccc4-c4cccc2c43)cc1. The number of fused-ring (bicyclic) bond motifs is 5. The third kappa shape index (κ3) is 3.80. The van der Waals surface area contributed by atoms with Gasteiger partial charge in [0.1, 0.15) is 0 Å². The minimum atomic E-state index is -0.595. The van der Waals surface area contributed by atoms with Crippen LogP contribution in [0.5, 0.6) is 0 Å². The molecular formula is C49H33N. The lowest BCUT2D eigenvalue weighted by Crippen LogP contribution is -2.44. The highest BCUT2D eigenvalue weighted by atomic mass is 14.6. The largest absolute Gasteiger partial charge is 0.264 e. The van der Waals surface area contributed by atoms with E-state index in [4.69, 9.17) is 0 Å². The van der Waals surface area contributed by atoms with Crippen molar-refractivity contribution >= 4 is 0 Å². The van der Waals surface area contributed by atoms with E-state index in [2.05, 4.69) is 187 Å². The average Bonchev–Trinajstić information content (AvgIpc) is 3.52. The van der Waals surface area contributed by atoms with Crippen LogP contribution in [0.15, 0.2) is 200 Å². The molecule has 10 rings (SSSR count). The Bertz CT molecular complexity index is 2520. The van der Waals surface area contributed by atoms with Gasteiger partial charge in [-0.1, -0.05) is 182 Å². The lowest BCUT2D eigenvalue weighted by atomic mass is 9.51. The summed E-state index contributed by atoms with van der Waals surface area (Å²) in [6, 6.07) is 69.9. The smallest absolute Gasteiger partial charge is 0.0720 e. The van der Waals surface area contributed by atoms with Crippen LogP contribution in [-0.4, -0.2) is 4.98 Å². The maximum Gasteiger partial charge on any atom is 0.0720 e. The number of hydrogen-bond donors (Lipinski definition) is 0. The van der Waals surface area contributed by atoms with Crippen LogP contribution < -0.4 is 0 Å². The van der Waals surface area contributed by atoms with Crippen LogP contribution in [-0.2, 0) is 10.8 Å². The molecule has 234 valence electrons. The van der Waals surface area contributed by atoms with Gasteiger partial charge in [0, 0.05) is 12.4 Å². The minimum Gasteiger partial charge on any atom is -0.264 e. The number of pyridine rings is 1. The van der Waals surface area contributed by atoms with E-state index in [1.165, 1.54) is 66.8 Å². The van der Waals surface area contributed by atoms with Crippen molar-refractivity contribution in [2.75, 3.05) is 0 Å². The maximum absolute atomic E-state index is 4.36. The fourth-order valence-electron chi connectivity index (χ4n) is 9.26. The molecular weight excluding hydrogens is 603 g/mol. The Kier molecular flexibility index (Phi) is 6.38. The van der Waals surface area contributed by atoms with Crippen LogP contribution in [0.1, 0.15) is 44.5 Å². The van der Waals surface area contributed by atoms with Crippen molar-refractivity contribution in [3.8, 4) is 33.4 Å². The summed E-state index contributed by atoms with van der Waals surface area (Å²) in [5.41, 5.74) is 16.8. The van der Waals surface area contributed by atoms with E-state index in [0.29, 0.717) is 0 Å². The molecule has 0 saturated carbocycles. The van der Waals surface area contributed by atoms with Crippen LogP contribution in [0.3, 0.4) is 0 Å². The lowest BCUT2D eigenvalue weighted by molar-refractivity contribution is 0.627. The van der Waals surface area contributed by atoms with Crippen molar-refractivity contribution in [3.63, 3.8) is 0 Å². The standard InChI is InChI=1S/C49H33N/c1-3-16-37(17-4-1)48(42-23-9-7-20-39(42)35-30-28-34(29-31-35)36-15-14-32-50-33-36)44-25-11-12-26-45(44)49(38-18-5-2-6-19-38)43-24-10-8-21-40(43)41-22-13-27-46(48)47(41)49/h1-33H. The second-order valence-electron chi connectivity index (χ2n) is 13.4. The summed E-state index contributed by atoms with van der Waals surface area (Å²) in [6.07, 6.45) is 3.75. The molecule has 2 aliphatic rings. The molecule has 1 heterocycles. The zero-order valence-corrected chi connectivity index (χ0v) is 27.5. The Morgan fingerprint density at radius 1 is 0.300 bits per heavy atom. The van der Waals surface area contributed by atoms with E-state index >= 15 is 0 Å². The average molecular weight is 636 g/mol. The van der Waals surface area contributed by atoms with Gasteiger partial charge in [0.15, 0.2) is 0 Å². The first-order valence-corrected chi connectivity index (χ1v) is 17.4. The fourth-order valence-corrected chi connectivity index (χ4v) is 9.26. The van der Waals surface area contributed by atoms with Gasteiger partial charge in [0.25, 0.3) is 0 Å². The number of hydrogen-bond acceptors (Lipinski definition) is 1. The van der Waals surface area contributed by atoms with Crippen LogP contribution in [0.25, 0.3) is 33.4 Å². The maximum atomic E-state index is 4.36. The Morgan fingerprint density at radius 3 is 1.46 bits per heavy atom. The highest BCUT2D eigenvalue weighted by Gasteiger charge is 2.57. The first kappa shape index (κ1) is 28.7. The van der Waals surface area contributed by atoms with Gasteiger partial charge in [-0.25, -0.2) is 0 Å². The van der Waals surface area contributed by atoms with Crippen molar-refractivity contribution < 1.29 is 0 Å². The summed E-state index contributed by atoms with van der Waals surface area (Å²) in [7, 11) is 0. The van der Waals surface area contributed by atoms with Gasteiger partial charge in [0.2, 0.25) is 0 Å². The lowest BCUT2D eigenvalue weighted by Gasteiger charge is -2.50. The van der Waals surface area contributed by atoms with Crippen LogP contribution in [0, 0.1) is 0 Å². The molecule has 1 nitrogen and oxygen atoms in total. The first-order valence-electron chi connectivity index (χ1n) is 17.4. The molecule has 0 aliphatic heterocycles. The molecule has 2 unspecified atom stereocenters.